The van der Waals surface area contributed by atoms with Gasteiger partial charge in [0.2, 0.25) is 0 Å². The van der Waals surface area contributed by atoms with Gasteiger partial charge < -0.3 is 5.11 Å². The van der Waals surface area contributed by atoms with Gasteiger partial charge in [0.15, 0.2) is 0 Å². The smallest absolute Gasteiger partial charge is 0.136 e. The number of Topliss-reactive ketones (excluding diaryl/α,β-unsaturated/α-hetero) is 1. The van der Waals surface area contributed by atoms with Crippen LogP contribution in [0.15, 0.2) is 0 Å². The average Bonchev–Trinajstić information content (AvgIpc) is 2.28. The number of rotatable bonds is 2. The maximum atomic E-state index is 11.9. The van der Waals surface area contributed by atoms with Crippen molar-refractivity contribution in [2.24, 2.45) is 5.92 Å². The molecule has 0 aromatic carbocycles. The number of ketones is 1. The Hall–Kier alpha value is -0.370. The standard InChI is InChI=1S/C14H26O2/c15-12-11-13-9-7-5-3-1-2-4-6-8-10-14(13)16/h13,15H,1-12H2. The van der Waals surface area contributed by atoms with E-state index in [9.17, 15) is 4.79 Å². The predicted molar refractivity (Wildman–Crippen MR) is 66.4 cm³/mol. The first-order chi connectivity index (χ1) is 7.84. The summed E-state index contributed by atoms with van der Waals surface area (Å²) in [5, 5.41) is 8.97. The van der Waals surface area contributed by atoms with E-state index < -0.39 is 0 Å². The Balaban J connectivity index is 2.36. The minimum Gasteiger partial charge on any atom is -0.396 e. The third-order valence-corrected chi connectivity index (χ3v) is 3.66. The van der Waals surface area contributed by atoms with Gasteiger partial charge in [-0.25, -0.2) is 0 Å². The molecule has 1 aliphatic rings. The van der Waals surface area contributed by atoms with E-state index in [-0.39, 0.29) is 12.5 Å². The number of aliphatic hydroxyl groups is 1. The zero-order valence-electron chi connectivity index (χ0n) is 10.4. The van der Waals surface area contributed by atoms with Crippen molar-refractivity contribution in [2.45, 2.75) is 70.6 Å². The normalized spacial score (nSPS) is 25.8. The molecule has 2 heteroatoms. The summed E-state index contributed by atoms with van der Waals surface area (Å²) in [4.78, 5) is 11.9. The highest BCUT2D eigenvalue weighted by Gasteiger charge is 2.17. The summed E-state index contributed by atoms with van der Waals surface area (Å²) in [7, 11) is 0. The molecule has 2 nitrogen and oxygen atoms in total. The fourth-order valence-electron chi connectivity index (χ4n) is 2.58. The third-order valence-electron chi connectivity index (χ3n) is 3.66. The number of carbonyl (C=O) groups is 1. The van der Waals surface area contributed by atoms with Crippen LogP contribution in [0.4, 0.5) is 0 Å². The van der Waals surface area contributed by atoms with Crippen molar-refractivity contribution in [2.75, 3.05) is 6.61 Å². The lowest BCUT2D eigenvalue weighted by atomic mass is 9.90. The Morgan fingerprint density at radius 3 is 2.12 bits per heavy atom. The summed E-state index contributed by atoms with van der Waals surface area (Å²) in [6, 6.07) is 0. The van der Waals surface area contributed by atoms with Crippen LogP contribution in [0.3, 0.4) is 0 Å². The van der Waals surface area contributed by atoms with Crippen molar-refractivity contribution in [3.8, 4) is 0 Å². The summed E-state index contributed by atoms with van der Waals surface area (Å²) in [5.41, 5.74) is 0. The molecule has 0 heterocycles. The van der Waals surface area contributed by atoms with Crippen molar-refractivity contribution >= 4 is 5.78 Å². The Bertz CT molecular complexity index is 189. The molecule has 0 aliphatic heterocycles. The van der Waals surface area contributed by atoms with E-state index in [0.717, 1.165) is 25.7 Å². The van der Waals surface area contributed by atoms with Crippen LogP contribution in [-0.4, -0.2) is 17.5 Å². The second-order valence-corrected chi connectivity index (χ2v) is 5.04. The molecule has 1 aliphatic carbocycles. The van der Waals surface area contributed by atoms with Crippen molar-refractivity contribution in [3.63, 3.8) is 0 Å². The molecule has 1 fully saturated rings. The fraction of sp³-hybridized carbons (Fsp3) is 0.929. The molecule has 0 saturated heterocycles. The monoisotopic (exact) mass is 226 g/mol. The molecule has 0 aromatic rings. The van der Waals surface area contributed by atoms with Gasteiger partial charge >= 0.3 is 0 Å². The van der Waals surface area contributed by atoms with E-state index in [0.29, 0.717) is 12.2 Å². The lowest BCUT2D eigenvalue weighted by Gasteiger charge is -2.15. The van der Waals surface area contributed by atoms with Crippen LogP contribution in [0.25, 0.3) is 0 Å². The van der Waals surface area contributed by atoms with Crippen LogP contribution in [0.2, 0.25) is 0 Å². The van der Waals surface area contributed by atoms with Crippen LogP contribution in [0.1, 0.15) is 70.6 Å². The molecule has 0 bridgehead atoms. The van der Waals surface area contributed by atoms with Gasteiger partial charge in [0.25, 0.3) is 0 Å². The highest BCUT2D eigenvalue weighted by Crippen LogP contribution is 2.20. The van der Waals surface area contributed by atoms with Crippen molar-refractivity contribution in [1.29, 1.82) is 0 Å². The largest absolute Gasteiger partial charge is 0.396 e. The Morgan fingerprint density at radius 1 is 0.938 bits per heavy atom. The summed E-state index contributed by atoms with van der Waals surface area (Å²) in [6.45, 7) is 0.163. The minimum atomic E-state index is 0.143. The van der Waals surface area contributed by atoms with Gasteiger partial charge in [-0.1, -0.05) is 44.9 Å². The van der Waals surface area contributed by atoms with Gasteiger partial charge in [-0.3, -0.25) is 4.79 Å². The Kier molecular flexibility index (Phi) is 7.48. The molecule has 16 heavy (non-hydrogen) atoms. The number of aliphatic hydroxyl groups excluding tert-OH is 1. The van der Waals surface area contributed by atoms with Gasteiger partial charge in [0.05, 0.1) is 0 Å². The summed E-state index contributed by atoms with van der Waals surface area (Å²) >= 11 is 0. The topological polar surface area (TPSA) is 37.3 Å². The van der Waals surface area contributed by atoms with E-state index in [2.05, 4.69) is 0 Å². The lowest BCUT2D eigenvalue weighted by Crippen LogP contribution is -2.16. The van der Waals surface area contributed by atoms with Crippen LogP contribution in [0.5, 0.6) is 0 Å². The first-order valence-corrected chi connectivity index (χ1v) is 6.98. The minimum absolute atomic E-state index is 0.143. The molecule has 1 unspecified atom stereocenters. The van der Waals surface area contributed by atoms with E-state index in [4.69, 9.17) is 5.11 Å². The van der Waals surface area contributed by atoms with E-state index in [1.807, 2.05) is 0 Å². The Labute approximate surface area is 99.4 Å². The summed E-state index contributed by atoms with van der Waals surface area (Å²) < 4.78 is 0. The van der Waals surface area contributed by atoms with Crippen LogP contribution in [0, 0.1) is 5.92 Å². The second kappa shape index (κ2) is 8.74. The van der Waals surface area contributed by atoms with Crippen molar-refractivity contribution in [3.05, 3.63) is 0 Å². The molecule has 1 rings (SSSR count). The molecular formula is C14H26O2. The molecule has 0 radical (unpaired) electrons. The molecular weight excluding hydrogens is 200 g/mol. The highest BCUT2D eigenvalue weighted by molar-refractivity contribution is 5.80. The molecule has 1 saturated carbocycles. The lowest BCUT2D eigenvalue weighted by molar-refractivity contribution is -0.123. The van der Waals surface area contributed by atoms with Crippen molar-refractivity contribution in [1.82, 2.24) is 0 Å². The highest BCUT2D eigenvalue weighted by atomic mass is 16.3. The Morgan fingerprint density at radius 2 is 1.50 bits per heavy atom. The number of hydrogen-bond acceptors (Lipinski definition) is 2. The summed E-state index contributed by atoms with van der Waals surface area (Å²) in [6.07, 6.45) is 12.4. The number of carbonyl (C=O) groups excluding carboxylic acids is 1. The van der Waals surface area contributed by atoms with Crippen LogP contribution < -0.4 is 0 Å². The molecule has 0 amide bonds. The van der Waals surface area contributed by atoms with Gasteiger partial charge in [-0.2, -0.15) is 0 Å². The van der Waals surface area contributed by atoms with Gasteiger partial charge in [0.1, 0.15) is 5.78 Å². The van der Waals surface area contributed by atoms with Gasteiger partial charge in [0, 0.05) is 18.9 Å². The van der Waals surface area contributed by atoms with E-state index >= 15 is 0 Å². The first kappa shape index (κ1) is 13.7. The predicted octanol–water partition coefficient (Wildman–Crippen LogP) is 3.47. The second-order valence-electron chi connectivity index (χ2n) is 5.04. The van der Waals surface area contributed by atoms with E-state index in [1.165, 1.54) is 38.5 Å². The molecule has 0 aromatic heterocycles. The average molecular weight is 226 g/mol. The molecule has 0 spiro atoms. The quantitative estimate of drug-likeness (QED) is 0.783. The molecule has 1 N–H and O–H groups in total. The SMILES string of the molecule is O=C1CCCCCCCCCCC1CCO. The van der Waals surface area contributed by atoms with Crippen LogP contribution >= 0.6 is 0 Å². The van der Waals surface area contributed by atoms with Gasteiger partial charge in [-0.15, -0.1) is 0 Å². The van der Waals surface area contributed by atoms with Crippen molar-refractivity contribution < 1.29 is 9.90 Å². The maximum absolute atomic E-state index is 11.9. The molecule has 94 valence electrons. The molecule has 1 atom stereocenters. The third kappa shape index (κ3) is 5.64. The van der Waals surface area contributed by atoms with Gasteiger partial charge in [-0.05, 0) is 19.3 Å². The summed E-state index contributed by atoms with van der Waals surface area (Å²) in [5.74, 6) is 0.541. The number of hydrogen-bond donors (Lipinski definition) is 1. The fourth-order valence-corrected chi connectivity index (χ4v) is 2.58. The zero-order chi connectivity index (χ0) is 11.6. The van der Waals surface area contributed by atoms with Crippen LogP contribution in [-0.2, 0) is 4.79 Å². The zero-order valence-corrected chi connectivity index (χ0v) is 10.4. The maximum Gasteiger partial charge on any atom is 0.136 e. The first-order valence-electron chi connectivity index (χ1n) is 6.98. The van der Waals surface area contributed by atoms with E-state index in [1.54, 1.807) is 0 Å².